The molecule has 19 heavy (non-hydrogen) atoms. The summed E-state index contributed by atoms with van der Waals surface area (Å²) in [6.07, 6.45) is 3.63. The van der Waals surface area contributed by atoms with Gasteiger partial charge < -0.3 is 4.57 Å². The molecule has 0 aromatic carbocycles. The zero-order valence-corrected chi connectivity index (χ0v) is 13.9. The van der Waals surface area contributed by atoms with Crippen molar-refractivity contribution in [3.8, 4) is 11.3 Å². The monoisotopic (exact) mass is 262 g/mol. The van der Waals surface area contributed by atoms with E-state index in [2.05, 4.69) is 35.7 Å². The Morgan fingerprint density at radius 3 is 1.63 bits per heavy atom. The normalized spacial score (nSPS) is 8.00. The molecule has 0 saturated carbocycles. The summed E-state index contributed by atoms with van der Waals surface area (Å²) in [5.41, 5.74) is 3.72. The molecule has 0 aliphatic rings. The highest BCUT2D eigenvalue weighted by molar-refractivity contribution is 5.59. The Morgan fingerprint density at radius 1 is 0.789 bits per heavy atom. The molecular weight excluding hydrogens is 232 g/mol. The van der Waals surface area contributed by atoms with E-state index in [1.54, 1.807) is 0 Å². The molecule has 0 atom stereocenters. The highest BCUT2D eigenvalue weighted by atomic mass is 14.9. The minimum absolute atomic E-state index is 1.21. The van der Waals surface area contributed by atoms with Gasteiger partial charge in [-0.3, -0.25) is 4.98 Å². The number of aryl methyl sites for hydroxylation is 1. The smallest absolute Gasteiger partial charge is 0.0480 e. The van der Waals surface area contributed by atoms with Gasteiger partial charge in [-0.1, -0.05) is 41.5 Å². The summed E-state index contributed by atoms with van der Waals surface area (Å²) in [5, 5.41) is 0. The third kappa shape index (κ3) is 6.23. The molecule has 0 N–H and O–H groups in total. The highest BCUT2D eigenvalue weighted by Crippen LogP contribution is 2.19. The molecule has 2 aromatic heterocycles. The van der Waals surface area contributed by atoms with Crippen LogP contribution in [-0.4, -0.2) is 9.55 Å². The molecular formula is C17H30N2. The molecule has 2 rings (SSSR count). The van der Waals surface area contributed by atoms with Crippen molar-refractivity contribution in [3.63, 3.8) is 0 Å². The molecule has 0 amide bonds. The molecule has 2 heterocycles. The summed E-state index contributed by atoms with van der Waals surface area (Å²) >= 11 is 0. The molecule has 0 saturated heterocycles. The van der Waals surface area contributed by atoms with Crippen LogP contribution in [-0.2, 0) is 7.05 Å². The number of pyridine rings is 1. The van der Waals surface area contributed by atoms with Crippen molar-refractivity contribution in [2.24, 2.45) is 7.05 Å². The minimum atomic E-state index is 1.21. The van der Waals surface area contributed by atoms with E-state index >= 15 is 0 Å². The van der Waals surface area contributed by atoms with Gasteiger partial charge in [0.25, 0.3) is 0 Å². The second-order valence-electron chi connectivity index (χ2n) is 3.15. The summed E-state index contributed by atoms with van der Waals surface area (Å²) in [7, 11) is 2.07. The van der Waals surface area contributed by atoms with Crippen LogP contribution in [0, 0.1) is 6.92 Å². The number of rotatable bonds is 1. The molecule has 0 radical (unpaired) electrons. The van der Waals surface area contributed by atoms with Gasteiger partial charge in [0.1, 0.15) is 0 Å². The zero-order chi connectivity index (χ0) is 15.3. The second-order valence-corrected chi connectivity index (χ2v) is 3.15. The van der Waals surface area contributed by atoms with E-state index in [1.165, 1.54) is 17.0 Å². The van der Waals surface area contributed by atoms with Gasteiger partial charge in [0.2, 0.25) is 0 Å². The van der Waals surface area contributed by atoms with E-state index in [0.29, 0.717) is 0 Å². The number of aromatic nitrogens is 2. The van der Waals surface area contributed by atoms with Crippen LogP contribution in [0.3, 0.4) is 0 Å². The zero-order valence-electron chi connectivity index (χ0n) is 13.9. The first-order chi connectivity index (χ1) is 9.29. The summed E-state index contributed by atoms with van der Waals surface area (Å²) in [5.74, 6) is 0. The summed E-state index contributed by atoms with van der Waals surface area (Å²) in [6, 6.07) is 8.30. The van der Waals surface area contributed by atoms with E-state index in [-0.39, 0.29) is 0 Å². The first-order valence-electron chi connectivity index (χ1n) is 7.32. The Hall–Kier alpha value is -1.57. The van der Waals surface area contributed by atoms with Crippen LogP contribution < -0.4 is 0 Å². The molecule has 0 unspecified atom stereocenters. The summed E-state index contributed by atoms with van der Waals surface area (Å²) in [4.78, 5) is 4.00. The fourth-order valence-electron chi connectivity index (χ4n) is 1.43. The molecule has 0 aliphatic heterocycles. The third-order valence-corrected chi connectivity index (χ3v) is 2.35. The van der Waals surface area contributed by atoms with E-state index < -0.39 is 0 Å². The van der Waals surface area contributed by atoms with Gasteiger partial charge >= 0.3 is 0 Å². The van der Waals surface area contributed by atoms with Crippen molar-refractivity contribution >= 4 is 0 Å². The van der Waals surface area contributed by atoms with Gasteiger partial charge in [-0.15, -0.1) is 0 Å². The average molecular weight is 262 g/mol. The first kappa shape index (κ1) is 19.8. The van der Waals surface area contributed by atoms with Gasteiger partial charge in [-0.05, 0) is 31.2 Å². The lowest BCUT2D eigenvalue weighted by Crippen LogP contribution is -1.93. The Balaban J connectivity index is 0. The van der Waals surface area contributed by atoms with Gasteiger partial charge in [-0.2, -0.15) is 0 Å². The SMILES string of the molecule is CC.CC.CC.Cc1ccc(-c2ccncc2)n1C. The second kappa shape index (κ2) is 12.9. The van der Waals surface area contributed by atoms with Gasteiger partial charge in [0, 0.05) is 36.4 Å². The maximum absolute atomic E-state index is 4.00. The van der Waals surface area contributed by atoms with Crippen LogP contribution in [0.25, 0.3) is 11.3 Å². The maximum atomic E-state index is 4.00. The maximum Gasteiger partial charge on any atom is 0.0480 e. The minimum Gasteiger partial charge on any atom is -0.348 e. The standard InChI is InChI=1S/C11H12N2.3C2H6/c1-9-3-4-11(13(9)2)10-5-7-12-8-6-10;3*1-2/h3-8H,1-2H3;3*1-2H3. The van der Waals surface area contributed by atoms with E-state index in [1.807, 2.05) is 66.1 Å². The largest absolute Gasteiger partial charge is 0.348 e. The van der Waals surface area contributed by atoms with Crippen molar-refractivity contribution < 1.29 is 0 Å². The Bertz CT molecular complexity index is 402. The van der Waals surface area contributed by atoms with Crippen molar-refractivity contribution in [2.45, 2.75) is 48.5 Å². The van der Waals surface area contributed by atoms with E-state index in [4.69, 9.17) is 0 Å². The summed E-state index contributed by atoms with van der Waals surface area (Å²) in [6.45, 7) is 14.1. The fourth-order valence-corrected chi connectivity index (χ4v) is 1.43. The van der Waals surface area contributed by atoms with Crippen LogP contribution in [0.4, 0.5) is 0 Å². The number of hydrogen-bond acceptors (Lipinski definition) is 1. The number of nitrogens with zero attached hydrogens (tertiary/aromatic N) is 2. The molecule has 108 valence electrons. The molecule has 0 fully saturated rings. The Labute approximate surface area is 119 Å². The van der Waals surface area contributed by atoms with Crippen LogP contribution >= 0.6 is 0 Å². The van der Waals surface area contributed by atoms with Crippen molar-refractivity contribution in [3.05, 3.63) is 42.4 Å². The Morgan fingerprint density at radius 2 is 1.26 bits per heavy atom. The molecule has 0 bridgehead atoms. The molecule has 0 spiro atoms. The van der Waals surface area contributed by atoms with Gasteiger partial charge in [0.15, 0.2) is 0 Å². The molecule has 2 aromatic rings. The molecule has 2 nitrogen and oxygen atoms in total. The number of hydrogen-bond donors (Lipinski definition) is 0. The van der Waals surface area contributed by atoms with Gasteiger partial charge in [-0.25, -0.2) is 0 Å². The van der Waals surface area contributed by atoms with E-state index in [9.17, 15) is 0 Å². The third-order valence-electron chi connectivity index (χ3n) is 2.35. The van der Waals surface area contributed by atoms with Crippen LogP contribution in [0.15, 0.2) is 36.7 Å². The predicted octanol–water partition coefficient (Wildman–Crippen LogP) is 5.47. The first-order valence-corrected chi connectivity index (χ1v) is 7.32. The fraction of sp³-hybridized carbons (Fsp3) is 0.471. The topological polar surface area (TPSA) is 17.8 Å². The van der Waals surface area contributed by atoms with Crippen LogP contribution in [0.1, 0.15) is 47.2 Å². The van der Waals surface area contributed by atoms with Crippen LogP contribution in [0.2, 0.25) is 0 Å². The van der Waals surface area contributed by atoms with Crippen LogP contribution in [0.5, 0.6) is 0 Å². The summed E-state index contributed by atoms with van der Waals surface area (Å²) < 4.78 is 2.18. The molecule has 2 heteroatoms. The van der Waals surface area contributed by atoms with E-state index in [0.717, 1.165) is 0 Å². The Kier molecular flexibility index (Phi) is 13.4. The average Bonchev–Trinajstić information content (AvgIpc) is 2.86. The van der Waals surface area contributed by atoms with Crippen molar-refractivity contribution in [2.75, 3.05) is 0 Å². The van der Waals surface area contributed by atoms with Gasteiger partial charge in [0.05, 0.1) is 0 Å². The predicted molar refractivity (Wildman–Crippen MR) is 87.4 cm³/mol. The highest BCUT2D eigenvalue weighted by Gasteiger charge is 2.02. The lowest BCUT2D eigenvalue weighted by molar-refractivity contribution is 0.891. The lowest BCUT2D eigenvalue weighted by atomic mass is 10.2. The van der Waals surface area contributed by atoms with Crippen molar-refractivity contribution in [1.82, 2.24) is 9.55 Å². The lowest BCUT2D eigenvalue weighted by Gasteiger charge is -2.04. The van der Waals surface area contributed by atoms with Crippen molar-refractivity contribution in [1.29, 1.82) is 0 Å². The molecule has 0 aliphatic carbocycles. The quantitative estimate of drug-likeness (QED) is 0.666.